The monoisotopic (exact) mass is 354 g/mol. The van der Waals surface area contributed by atoms with Crippen molar-refractivity contribution in [3.05, 3.63) is 76.4 Å². The van der Waals surface area contributed by atoms with E-state index in [1.165, 1.54) is 0 Å². The van der Waals surface area contributed by atoms with Gasteiger partial charge >= 0.3 is 0 Å². The van der Waals surface area contributed by atoms with Crippen LogP contribution in [0.3, 0.4) is 0 Å². The van der Waals surface area contributed by atoms with Gasteiger partial charge in [-0.05, 0) is 43.0 Å². The van der Waals surface area contributed by atoms with E-state index >= 15 is 0 Å². The Morgan fingerprint density at radius 1 is 0.960 bits per heavy atom. The van der Waals surface area contributed by atoms with Crippen molar-refractivity contribution in [3.63, 3.8) is 0 Å². The van der Waals surface area contributed by atoms with E-state index < -0.39 is 10.0 Å². The van der Waals surface area contributed by atoms with Crippen LogP contribution in [0.1, 0.15) is 29.2 Å². The minimum Gasteiger partial charge on any atom is -0.354 e. The number of nitrogens with zero attached hydrogens (tertiary/aromatic N) is 2. The molecule has 0 amide bonds. The molecule has 0 spiro atoms. The molecule has 1 heterocycles. The van der Waals surface area contributed by atoms with Crippen LogP contribution in [0.5, 0.6) is 0 Å². The van der Waals surface area contributed by atoms with Gasteiger partial charge in [0.1, 0.15) is 10.7 Å². The molecule has 0 radical (unpaired) electrons. The highest BCUT2D eigenvalue weighted by Gasteiger charge is 2.32. The minimum atomic E-state index is -3.68. The van der Waals surface area contributed by atoms with E-state index in [9.17, 15) is 8.42 Å². The molecule has 0 fully saturated rings. The van der Waals surface area contributed by atoms with E-state index in [0.717, 1.165) is 16.7 Å². The third-order valence-corrected chi connectivity index (χ3v) is 6.00. The highest BCUT2D eigenvalue weighted by molar-refractivity contribution is 8.00. The first-order chi connectivity index (χ1) is 11.8. The van der Waals surface area contributed by atoms with E-state index in [4.69, 9.17) is 0 Å². The lowest BCUT2D eigenvalue weighted by molar-refractivity contribution is 0.501. The molecule has 2 aromatic carbocycles. The number of amidine groups is 1. The molecule has 3 rings (SSSR count). The Bertz CT molecular complexity index is 974. The van der Waals surface area contributed by atoms with Gasteiger partial charge in [-0.25, -0.2) is 0 Å². The fourth-order valence-electron chi connectivity index (χ4n) is 3.06. The summed E-state index contributed by atoms with van der Waals surface area (Å²) in [7, 11) is -1.81. The van der Waals surface area contributed by atoms with Gasteiger partial charge in [-0.15, -0.1) is 4.40 Å². The molecule has 0 saturated carbocycles. The van der Waals surface area contributed by atoms with E-state index in [1.54, 1.807) is 0 Å². The van der Waals surface area contributed by atoms with E-state index in [-0.39, 0.29) is 0 Å². The first-order valence-corrected chi connectivity index (χ1v) is 9.62. The predicted octanol–water partition coefficient (Wildman–Crippen LogP) is 3.91. The predicted molar refractivity (Wildman–Crippen MR) is 103 cm³/mol. The first-order valence-electron chi connectivity index (χ1n) is 8.18. The zero-order valence-corrected chi connectivity index (χ0v) is 15.8. The Morgan fingerprint density at radius 2 is 1.64 bits per heavy atom. The SMILES string of the molecule is CC1=C(c2ccc(C)c(C)c2)S(=O)(=O)N=C1N(C)Cc1ccccc1. The van der Waals surface area contributed by atoms with Crippen molar-refractivity contribution in [2.24, 2.45) is 4.40 Å². The van der Waals surface area contributed by atoms with Crippen LogP contribution < -0.4 is 0 Å². The zero-order valence-electron chi connectivity index (χ0n) is 14.9. The highest BCUT2D eigenvalue weighted by Crippen LogP contribution is 2.34. The fraction of sp³-hybridized carbons (Fsp3) is 0.250. The normalized spacial score (nSPS) is 16.1. The smallest absolute Gasteiger partial charge is 0.285 e. The summed E-state index contributed by atoms with van der Waals surface area (Å²) < 4.78 is 29.4. The summed E-state index contributed by atoms with van der Waals surface area (Å²) in [4.78, 5) is 2.20. The third kappa shape index (κ3) is 3.37. The van der Waals surface area contributed by atoms with Crippen LogP contribution in [0.2, 0.25) is 0 Å². The van der Waals surface area contributed by atoms with Crippen molar-refractivity contribution in [1.82, 2.24) is 4.90 Å². The van der Waals surface area contributed by atoms with Crippen LogP contribution in [0, 0.1) is 13.8 Å². The molecule has 0 bridgehead atoms. The number of rotatable bonds is 3. The van der Waals surface area contributed by atoms with Crippen LogP contribution >= 0.6 is 0 Å². The van der Waals surface area contributed by atoms with Crippen molar-refractivity contribution in [1.29, 1.82) is 0 Å². The standard InChI is InChI=1S/C20H22N2O2S/c1-14-10-11-18(12-15(14)2)19-16(3)20(21-25(19,23)24)22(4)13-17-8-6-5-7-9-17/h5-12H,13H2,1-4H3. The molecule has 130 valence electrons. The number of aryl methyl sites for hydroxylation is 2. The second-order valence-electron chi connectivity index (χ2n) is 6.48. The minimum absolute atomic E-state index is 0.311. The summed E-state index contributed by atoms with van der Waals surface area (Å²) in [5.41, 5.74) is 4.71. The van der Waals surface area contributed by atoms with Gasteiger partial charge in [0.2, 0.25) is 0 Å². The Balaban J connectivity index is 1.99. The molecule has 25 heavy (non-hydrogen) atoms. The maximum absolute atomic E-state index is 12.7. The zero-order chi connectivity index (χ0) is 18.2. The van der Waals surface area contributed by atoms with Crippen molar-refractivity contribution in [2.75, 3.05) is 7.05 Å². The van der Waals surface area contributed by atoms with Gasteiger partial charge in [0, 0.05) is 19.2 Å². The quantitative estimate of drug-likeness (QED) is 0.840. The second-order valence-corrected chi connectivity index (χ2v) is 8.03. The van der Waals surface area contributed by atoms with Crippen LogP contribution in [-0.4, -0.2) is 26.2 Å². The number of hydrogen-bond acceptors (Lipinski definition) is 3. The fourth-order valence-corrected chi connectivity index (χ4v) is 4.56. The Hall–Kier alpha value is -2.40. The Labute approximate surface area is 149 Å². The molecule has 5 heteroatoms. The van der Waals surface area contributed by atoms with Crippen molar-refractivity contribution < 1.29 is 8.42 Å². The number of benzene rings is 2. The van der Waals surface area contributed by atoms with Crippen molar-refractivity contribution >= 4 is 20.8 Å². The largest absolute Gasteiger partial charge is 0.354 e. The van der Waals surface area contributed by atoms with Gasteiger partial charge in [-0.3, -0.25) is 0 Å². The highest BCUT2D eigenvalue weighted by atomic mass is 32.2. The number of hydrogen-bond donors (Lipinski definition) is 0. The van der Waals surface area contributed by atoms with E-state index in [2.05, 4.69) is 4.40 Å². The molecule has 0 atom stereocenters. The first kappa shape index (κ1) is 17.4. The molecule has 0 N–H and O–H groups in total. The molecule has 0 aliphatic carbocycles. The van der Waals surface area contributed by atoms with Gasteiger partial charge in [0.15, 0.2) is 0 Å². The average molecular weight is 354 g/mol. The molecule has 0 aromatic heterocycles. The van der Waals surface area contributed by atoms with Gasteiger partial charge in [0.05, 0.1) is 0 Å². The molecule has 1 aliphatic rings. The second kappa shape index (κ2) is 6.48. The van der Waals surface area contributed by atoms with Crippen molar-refractivity contribution in [3.8, 4) is 0 Å². The summed E-state index contributed by atoms with van der Waals surface area (Å²) in [6.45, 7) is 6.43. The summed E-state index contributed by atoms with van der Waals surface area (Å²) in [6, 6.07) is 15.7. The lowest BCUT2D eigenvalue weighted by Crippen LogP contribution is -2.26. The van der Waals surface area contributed by atoms with Crippen LogP contribution in [-0.2, 0) is 16.6 Å². The van der Waals surface area contributed by atoms with Gasteiger partial charge in [0.25, 0.3) is 10.0 Å². The van der Waals surface area contributed by atoms with Gasteiger partial charge in [-0.2, -0.15) is 8.42 Å². The number of likely N-dealkylation sites (N-methyl/N-ethyl adjacent to an activating group) is 1. The lowest BCUT2D eigenvalue weighted by Gasteiger charge is -2.19. The van der Waals surface area contributed by atoms with E-state index in [1.807, 2.05) is 81.2 Å². The maximum Gasteiger partial charge on any atom is 0.285 e. The van der Waals surface area contributed by atoms with Crippen molar-refractivity contribution in [2.45, 2.75) is 27.3 Å². The molecular weight excluding hydrogens is 332 g/mol. The van der Waals surface area contributed by atoms with Gasteiger partial charge < -0.3 is 4.90 Å². The Kier molecular flexibility index (Phi) is 4.52. The lowest BCUT2D eigenvalue weighted by atomic mass is 10.0. The maximum atomic E-state index is 12.7. The summed E-state index contributed by atoms with van der Waals surface area (Å²) >= 11 is 0. The molecule has 0 saturated heterocycles. The average Bonchev–Trinajstić information content (AvgIpc) is 2.81. The molecular formula is C20H22N2O2S. The number of sulfonamides is 1. The third-order valence-electron chi connectivity index (χ3n) is 4.53. The summed E-state index contributed by atoms with van der Waals surface area (Å²) in [6.07, 6.45) is 0. The summed E-state index contributed by atoms with van der Waals surface area (Å²) in [5, 5.41) is 0. The molecule has 2 aromatic rings. The van der Waals surface area contributed by atoms with Crippen LogP contribution in [0.25, 0.3) is 4.91 Å². The van der Waals surface area contributed by atoms with E-state index in [0.29, 0.717) is 28.4 Å². The van der Waals surface area contributed by atoms with Gasteiger partial charge in [-0.1, -0.05) is 48.5 Å². The van der Waals surface area contributed by atoms with Crippen LogP contribution in [0.4, 0.5) is 0 Å². The van der Waals surface area contributed by atoms with Crippen LogP contribution in [0.15, 0.2) is 58.5 Å². The molecule has 0 unspecified atom stereocenters. The molecule has 1 aliphatic heterocycles. The molecule has 4 nitrogen and oxygen atoms in total. The summed E-state index contributed by atoms with van der Waals surface area (Å²) in [5.74, 6) is 0.511. The Morgan fingerprint density at radius 3 is 2.28 bits per heavy atom. The topological polar surface area (TPSA) is 49.7 Å².